The summed E-state index contributed by atoms with van der Waals surface area (Å²) in [6.45, 7) is 5.80. The van der Waals surface area contributed by atoms with Gasteiger partial charge in [0.15, 0.2) is 0 Å². The third-order valence-electron chi connectivity index (χ3n) is 3.99. The first kappa shape index (κ1) is 10.3. The van der Waals surface area contributed by atoms with E-state index in [1.54, 1.807) is 0 Å². The predicted molar refractivity (Wildman–Crippen MR) is 64.6 cm³/mol. The highest BCUT2D eigenvalue weighted by atomic mass is 15.1. The molecule has 0 bridgehead atoms. The van der Waals surface area contributed by atoms with Gasteiger partial charge in [0.05, 0.1) is 5.69 Å². The first-order valence-electron chi connectivity index (χ1n) is 6.59. The Labute approximate surface area is 97.3 Å². The monoisotopic (exact) mass is 219 g/mol. The average molecular weight is 219 g/mol. The molecular formula is C13H21N3. The van der Waals surface area contributed by atoms with E-state index in [2.05, 4.69) is 23.0 Å². The molecule has 2 aliphatic rings. The Morgan fingerprint density at radius 1 is 1.44 bits per heavy atom. The first-order valence-corrected chi connectivity index (χ1v) is 6.59. The average Bonchev–Trinajstić information content (AvgIpc) is 2.73. The van der Waals surface area contributed by atoms with E-state index in [-0.39, 0.29) is 0 Å². The summed E-state index contributed by atoms with van der Waals surface area (Å²) in [6, 6.07) is 0. The fraction of sp³-hybridized carbons (Fsp3) is 0.769. The van der Waals surface area contributed by atoms with Crippen LogP contribution in [0, 0.1) is 5.92 Å². The maximum Gasteiger partial charge on any atom is 0.109 e. The number of piperidine rings is 1. The van der Waals surface area contributed by atoms with Crippen LogP contribution in [0.2, 0.25) is 0 Å². The van der Waals surface area contributed by atoms with Crippen molar-refractivity contribution >= 4 is 0 Å². The van der Waals surface area contributed by atoms with Gasteiger partial charge in [-0.2, -0.15) is 0 Å². The molecule has 2 aliphatic heterocycles. The second-order valence-corrected chi connectivity index (χ2v) is 5.42. The summed E-state index contributed by atoms with van der Waals surface area (Å²) in [6.07, 6.45) is 7.38. The lowest BCUT2D eigenvalue weighted by atomic mass is 9.97. The summed E-state index contributed by atoms with van der Waals surface area (Å²) in [4.78, 5) is 4.85. The van der Waals surface area contributed by atoms with Gasteiger partial charge < -0.3 is 9.88 Å². The third kappa shape index (κ3) is 1.88. The van der Waals surface area contributed by atoms with Crippen LogP contribution in [0.5, 0.6) is 0 Å². The largest absolute Gasteiger partial charge is 0.335 e. The molecule has 1 N–H and O–H groups in total. The van der Waals surface area contributed by atoms with Crippen molar-refractivity contribution in [2.24, 2.45) is 5.92 Å². The molecule has 0 radical (unpaired) electrons. The summed E-state index contributed by atoms with van der Waals surface area (Å²) in [5, 5.41) is 3.47. The minimum Gasteiger partial charge on any atom is -0.335 e. The van der Waals surface area contributed by atoms with Crippen LogP contribution in [0.4, 0.5) is 0 Å². The Bertz CT molecular complexity index is 363. The lowest BCUT2D eigenvalue weighted by Gasteiger charge is -2.20. The Balaban J connectivity index is 1.80. The quantitative estimate of drug-likeness (QED) is 0.782. The molecule has 1 aromatic heterocycles. The molecule has 0 aliphatic carbocycles. The smallest absolute Gasteiger partial charge is 0.109 e. The second kappa shape index (κ2) is 4.21. The normalized spacial score (nSPS) is 30.1. The van der Waals surface area contributed by atoms with Crippen LogP contribution in [-0.2, 0) is 13.0 Å². The van der Waals surface area contributed by atoms with Gasteiger partial charge in [-0.25, -0.2) is 4.98 Å². The van der Waals surface area contributed by atoms with E-state index in [1.165, 1.54) is 50.3 Å². The van der Waals surface area contributed by atoms with Crippen molar-refractivity contribution in [2.75, 3.05) is 13.1 Å². The molecule has 1 aromatic rings. The van der Waals surface area contributed by atoms with E-state index in [0.717, 1.165) is 12.5 Å². The van der Waals surface area contributed by atoms with Crippen LogP contribution >= 0.6 is 0 Å². The lowest BCUT2D eigenvalue weighted by molar-refractivity contribution is 0.409. The summed E-state index contributed by atoms with van der Waals surface area (Å²) in [7, 11) is 0. The molecule has 16 heavy (non-hydrogen) atoms. The van der Waals surface area contributed by atoms with Gasteiger partial charge >= 0.3 is 0 Å². The zero-order chi connectivity index (χ0) is 11.0. The number of aromatic nitrogens is 2. The minimum absolute atomic E-state index is 0.655. The zero-order valence-corrected chi connectivity index (χ0v) is 10.1. The number of aryl methyl sites for hydroxylation is 1. The highest BCUT2D eigenvalue weighted by Crippen LogP contribution is 2.26. The Morgan fingerprint density at radius 3 is 3.19 bits per heavy atom. The fourth-order valence-corrected chi connectivity index (χ4v) is 2.91. The molecule has 3 nitrogen and oxygen atoms in total. The molecule has 2 atom stereocenters. The van der Waals surface area contributed by atoms with Gasteiger partial charge in [0, 0.05) is 31.6 Å². The second-order valence-electron chi connectivity index (χ2n) is 5.42. The lowest BCUT2D eigenvalue weighted by Crippen LogP contribution is -2.28. The molecule has 0 amide bonds. The SMILES string of the molecule is C[C@@H]1CCn2cc([C@H]3CCCNC3)nc2C1. The standard InChI is InChI=1S/C13H21N3/c1-10-4-6-16-9-12(15-13(16)7-10)11-3-2-5-14-8-11/h9-11,14H,2-8H2,1H3/t10-,11+/m1/s1. The number of hydrogen-bond donors (Lipinski definition) is 1. The molecular weight excluding hydrogens is 198 g/mol. The van der Waals surface area contributed by atoms with Gasteiger partial charge in [-0.1, -0.05) is 6.92 Å². The summed E-state index contributed by atoms with van der Waals surface area (Å²) in [5.74, 6) is 2.79. The highest BCUT2D eigenvalue weighted by molar-refractivity contribution is 5.12. The van der Waals surface area contributed by atoms with Crippen molar-refractivity contribution in [3.63, 3.8) is 0 Å². The van der Waals surface area contributed by atoms with Gasteiger partial charge in [-0.15, -0.1) is 0 Å². The summed E-state index contributed by atoms with van der Waals surface area (Å²) >= 11 is 0. The van der Waals surface area contributed by atoms with Crippen LogP contribution in [0.1, 0.15) is 43.6 Å². The number of fused-ring (bicyclic) bond motifs is 1. The van der Waals surface area contributed by atoms with Crippen molar-refractivity contribution in [1.29, 1.82) is 0 Å². The Morgan fingerprint density at radius 2 is 2.38 bits per heavy atom. The molecule has 1 saturated heterocycles. The van der Waals surface area contributed by atoms with Gasteiger partial charge in [0.2, 0.25) is 0 Å². The van der Waals surface area contributed by atoms with Crippen molar-refractivity contribution < 1.29 is 0 Å². The van der Waals surface area contributed by atoms with E-state index >= 15 is 0 Å². The van der Waals surface area contributed by atoms with Crippen molar-refractivity contribution in [3.8, 4) is 0 Å². The fourth-order valence-electron chi connectivity index (χ4n) is 2.91. The molecule has 0 aromatic carbocycles. The molecule has 88 valence electrons. The third-order valence-corrected chi connectivity index (χ3v) is 3.99. The molecule has 0 unspecified atom stereocenters. The minimum atomic E-state index is 0.655. The predicted octanol–water partition coefficient (Wildman–Crippen LogP) is 1.93. The maximum atomic E-state index is 4.85. The van der Waals surface area contributed by atoms with Gasteiger partial charge in [-0.3, -0.25) is 0 Å². The number of hydrogen-bond acceptors (Lipinski definition) is 2. The van der Waals surface area contributed by atoms with Crippen LogP contribution in [-0.4, -0.2) is 22.6 Å². The summed E-state index contributed by atoms with van der Waals surface area (Å²) < 4.78 is 2.38. The van der Waals surface area contributed by atoms with E-state index in [1.807, 2.05) is 0 Å². The number of imidazole rings is 1. The Kier molecular flexibility index (Phi) is 2.72. The van der Waals surface area contributed by atoms with Crippen LogP contribution in [0.25, 0.3) is 0 Å². The van der Waals surface area contributed by atoms with Crippen molar-refractivity contribution in [1.82, 2.24) is 14.9 Å². The van der Waals surface area contributed by atoms with E-state index in [9.17, 15) is 0 Å². The first-order chi connectivity index (χ1) is 7.83. The zero-order valence-electron chi connectivity index (χ0n) is 10.1. The van der Waals surface area contributed by atoms with Crippen LogP contribution in [0.3, 0.4) is 0 Å². The Hall–Kier alpha value is -0.830. The van der Waals surface area contributed by atoms with Gasteiger partial charge in [0.1, 0.15) is 5.82 Å². The molecule has 3 heteroatoms. The topological polar surface area (TPSA) is 29.9 Å². The molecule has 0 spiro atoms. The van der Waals surface area contributed by atoms with E-state index in [0.29, 0.717) is 5.92 Å². The van der Waals surface area contributed by atoms with Crippen LogP contribution in [0.15, 0.2) is 6.20 Å². The van der Waals surface area contributed by atoms with E-state index < -0.39 is 0 Å². The molecule has 3 heterocycles. The highest BCUT2D eigenvalue weighted by Gasteiger charge is 2.22. The van der Waals surface area contributed by atoms with E-state index in [4.69, 9.17) is 4.98 Å². The molecule has 1 fully saturated rings. The maximum absolute atomic E-state index is 4.85. The summed E-state index contributed by atoms with van der Waals surface area (Å²) in [5.41, 5.74) is 1.33. The number of rotatable bonds is 1. The van der Waals surface area contributed by atoms with Gasteiger partial charge in [-0.05, 0) is 31.7 Å². The molecule has 0 saturated carbocycles. The molecule has 3 rings (SSSR count). The van der Waals surface area contributed by atoms with Crippen LogP contribution < -0.4 is 5.32 Å². The number of nitrogens with one attached hydrogen (secondary N) is 1. The number of nitrogens with zero attached hydrogens (tertiary/aromatic N) is 2. The van der Waals surface area contributed by atoms with Crippen molar-refractivity contribution in [2.45, 2.75) is 45.1 Å². The van der Waals surface area contributed by atoms with Crippen molar-refractivity contribution in [3.05, 3.63) is 17.7 Å². The van der Waals surface area contributed by atoms with Gasteiger partial charge in [0.25, 0.3) is 0 Å².